The predicted octanol–water partition coefficient (Wildman–Crippen LogP) is 3.21. The van der Waals surface area contributed by atoms with Gasteiger partial charge in [0, 0.05) is 38.7 Å². The average Bonchev–Trinajstić information content (AvgIpc) is 3.37. The minimum atomic E-state index is -0.0785. The van der Waals surface area contributed by atoms with Gasteiger partial charge in [0.25, 0.3) is 5.91 Å². The lowest BCUT2D eigenvalue weighted by molar-refractivity contribution is 0.0963. The highest BCUT2D eigenvalue weighted by Crippen LogP contribution is 2.11. The minimum absolute atomic E-state index is 0.0785. The molecule has 0 fully saturated rings. The average molecular weight is 449 g/mol. The molecule has 0 saturated carbocycles. The Morgan fingerprint density at radius 3 is 2.36 bits per heavy atom. The first kappa shape index (κ1) is 23.9. The van der Waals surface area contributed by atoms with Crippen LogP contribution in [0.5, 0.6) is 5.75 Å². The molecule has 0 atom stereocenters. The third kappa shape index (κ3) is 8.03. The number of carbonyl (C=O) groups is 1. The molecule has 7 nitrogen and oxygen atoms in total. The van der Waals surface area contributed by atoms with Crippen molar-refractivity contribution in [2.75, 3.05) is 33.8 Å². The molecular weight excluding hydrogens is 416 g/mol. The lowest BCUT2D eigenvalue weighted by Crippen LogP contribution is -2.39. The molecule has 3 aromatic rings. The van der Waals surface area contributed by atoms with Crippen molar-refractivity contribution in [3.8, 4) is 5.75 Å². The van der Waals surface area contributed by atoms with Crippen LogP contribution in [0.25, 0.3) is 0 Å². The summed E-state index contributed by atoms with van der Waals surface area (Å²) in [4.78, 5) is 16.6. The lowest BCUT2D eigenvalue weighted by Gasteiger charge is -2.13. The first-order chi connectivity index (χ1) is 16.2. The fourth-order valence-electron chi connectivity index (χ4n) is 3.36. The first-order valence-corrected chi connectivity index (χ1v) is 11.2. The van der Waals surface area contributed by atoms with Crippen molar-refractivity contribution in [2.24, 2.45) is 4.99 Å². The molecule has 1 aromatic heterocycles. The maximum absolute atomic E-state index is 11.9. The van der Waals surface area contributed by atoms with Crippen molar-refractivity contribution in [2.45, 2.75) is 19.3 Å². The summed E-state index contributed by atoms with van der Waals surface area (Å²) < 4.78 is 10.6. The molecule has 3 N–H and O–H groups in total. The van der Waals surface area contributed by atoms with Gasteiger partial charge >= 0.3 is 0 Å². The smallest absolute Gasteiger partial charge is 0.251 e. The molecule has 174 valence electrons. The third-order valence-electron chi connectivity index (χ3n) is 5.20. The van der Waals surface area contributed by atoms with Gasteiger partial charge in [0.2, 0.25) is 0 Å². The molecule has 0 aliphatic carbocycles. The highest BCUT2D eigenvalue weighted by molar-refractivity contribution is 5.94. The van der Waals surface area contributed by atoms with Gasteiger partial charge in [-0.25, -0.2) is 0 Å². The molecule has 0 saturated heterocycles. The number of nitrogens with zero attached hydrogens (tertiary/aromatic N) is 1. The van der Waals surface area contributed by atoms with E-state index in [1.54, 1.807) is 20.4 Å². The van der Waals surface area contributed by atoms with E-state index in [0.29, 0.717) is 18.7 Å². The van der Waals surface area contributed by atoms with Crippen molar-refractivity contribution in [1.29, 1.82) is 0 Å². The van der Waals surface area contributed by atoms with Crippen molar-refractivity contribution >= 4 is 11.9 Å². The van der Waals surface area contributed by atoms with E-state index < -0.39 is 0 Å². The molecule has 33 heavy (non-hydrogen) atoms. The molecule has 0 unspecified atom stereocenters. The summed E-state index contributed by atoms with van der Waals surface area (Å²) in [5.41, 5.74) is 2.99. The van der Waals surface area contributed by atoms with E-state index in [2.05, 4.69) is 28.1 Å². The highest BCUT2D eigenvalue weighted by atomic mass is 16.5. The lowest BCUT2D eigenvalue weighted by atomic mass is 10.1. The first-order valence-electron chi connectivity index (χ1n) is 11.2. The maximum Gasteiger partial charge on any atom is 0.251 e. The third-order valence-corrected chi connectivity index (χ3v) is 5.20. The topological polar surface area (TPSA) is 87.9 Å². The molecule has 1 heterocycles. The fraction of sp³-hybridized carbons (Fsp3) is 0.308. The number of ether oxygens (including phenoxy) is 1. The Hall–Kier alpha value is -3.74. The van der Waals surface area contributed by atoms with Gasteiger partial charge < -0.3 is 25.1 Å². The van der Waals surface area contributed by atoms with Crippen molar-refractivity contribution in [3.63, 3.8) is 0 Å². The van der Waals surface area contributed by atoms with E-state index in [9.17, 15) is 4.79 Å². The normalized spacial score (nSPS) is 11.2. The zero-order valence-corrected chi connectivity index (χ0v) is 19.3. The fourth-order valence-corrected chi connectivity index (χ4v) is 3.36. The summed E-state index contributed by atoms with van der Waals surface area (Å²) in [6, 6.07) is 19.6. The number of carbonyl (C=O) groups excluding carboxylic acids is 1. The van der Waals surface area contributed by atoms with E-state index in [1.165, 1.54) is 5.56 Å². The van der Waals surface area contributed by atoms with E-state index in [-0.39, 0.29) is 5.91 Å². The number of amides is 1. The summed E-state index contributed by atoms with van der Waals surface area (Å²) in [6.45, 7) is 2.08. The molecule has 2 aromatic carbocycles. The van der Waals surface area contributed by atoms with Crippen molar-refractivity contribution < 1.29 is 13.9 Å². The molecule has 1 amide bonds. The summed E-state index contributed by atoms with van der Waals surface area (Å²) in [5, 5.41) is 9.48. The molecule has 7 heteroatoms. The van der Waals surface area contributed by atoms with Crippen LogP contribution in [-0.4, -0.2) is 45.7 Å². The second-order valence-electron chi connectivity index (χ2n) is 7.54. The summed E-state index contributed by atoms with van der Waals surface area (Å²) in [6.07, 6.45) is 4.07. The number of methoxy groups -OCH3 is 1. The predicted molar refractivity (Wildman–Crippen MR) is 131 cm³/mol. The van der Waals surface area contributed by atoms with Crippen LogP contribution >= 0.6 is 0 Å². The molecule has 0 aliphatic rings. The number of furan rings is 1. The summed E-state index contributed by atoms with van der Waals surface area (Å²) in [7, 11) is 3.31. The van der Waals surface area contributed by atoms with E-state index >= 15 is 0 Å². The molecule has 0 radical (unpaired) electrons. The van der Waals surface area contributed by atoms with Crippen molar-refractivity contribution in [3.05, 3.63) is 89.4 Å². The molecule has 0 spiro atoms. The Morgan fingerprint density at radius 2 is 1.70 bits per heavy atom. The molecule has 0 aliphatic heterocycles. The van der Waals surface area contributed by atoms with E-state index in [0.717, 1.165) is 48.8 Å². The zero-order valence-electron chi connectivity index (χ0n) is 19.3. The second kappa shape index (κ2) is 13.0. The van der Waals surface area contributed by atoms with Crippen LogP contribution in [0, 0.1) is 0 Å². The number of hydrogen-bond acceptors (Lipinski definition) is 4. The Morgan fingerprint density at radius 1 is 0.939 bits per heavy atom. The van der Waals surface area contributed by atoms with Gasteiger partial charge in [-0.05, 0) is 60.4 Å². The van der Waals surface area contributed by atoms with Crippen LogP contribution in [0.4, 0.5) is 0 Å². The maximum atomic E-state index is 11.9. The van der Waals surface area contributed by atoms with Crippen LogP contribution in [0.1, 0.15) is 27.2 Å². The Labute approximate surface area is 195 Å². The summed E-state index contributed by atoms with van der Waals surface area (Å²) in [5.74, 6) is 2.46. The largest absolute Gasteiger partial charge is 0.497 e. The quantitative estimate of drug-likeness (QED) is 0.310. The van der Waals surface area contributed by atoms with Crippen LogP contribution in [-0.2, 0) is 19.3 Å². The van der Waals surface area contributed by atoms with E-state index in [1.807, 2.05) is 48.5 Å². The highest BCUT2D eigenvalue weighted by Gasteiger charge is 2.05. The van der Waals surface area contributed by atoms with Crippen LogP contribution < -0.4 is 20.7 Å². The Kier molecular flexibility index (Phi) is 9.39. The van der Waals surface area contributed by atoms with Gasteiger partial charge in [-0.2, -0.15) is 0 Å². The van der Waals surface area contributed by atoms with Gasteiger partial charge in [-0.15, -0.1) is 0 Å². The van der Waals surface area contributed by atoms with Gasteiger partial charge in [0.15, 0.2) is 5.96 Å². The zero-order chi connectivity index (χ0) is 23.3. The van der Waals surface area contributed by atoms with Gasteiger partial charge in [0.05, 0.1) is 13.4 Å². The number of aliphatic imine (C=N–C) groups is 1. The standard InChI is InChI=1S/C26H32N4O3/c1-27-25(31)22-6-3-5-21(19-22)13-16-29-26(30-17-14-24-7-4-18-33-24)28-15-12-20-8-10-23(32-2)11-9-20/h3-11,18-19H,12-17H2,1-2H3,(H,27,31)(H2,28,29,30). The van der Waals surface area contributed by atoms with Gasteiger partial charge in [-0.1, -0.05) is 24.3 Å². The molecular formula is C26H32N4O3. The summed E-state index contributed by atoms with van der Waals surface area (Å²) >= 11 is 0. The Balaban J connectivity index is 1.53. The second-order valence-corrected chi connectivity index (χ2v) is 7.54. The number of rotatable bonds is 11. The molecule has 3 rings (SSSR count). The SMILES string of the molecule is CNC(=O)c1cccc(CCNC(=NCCc2ccco2)NCCc2ccc(OC)cc2)c1. The van der Waals surface area contributed by atoms with E-state index in [4.69, 9.17) is 14.1 Å². The number of nitrogens with one attached hydrogen (secondary N) is 3. The Bertz CT molecular complexity index is 1010. The van der Waals surface area contributed by atoms with Gasteiger partial charge in [-0.3, -0.25) is 9.79 Å². The van der Waals surface area contributed by atoms with Crippen LogP contribution in [0.2, 0.25) is 0 Å². The van der Waals surface area contributed by atoms with Crippen LogP contribution in [0.3, 0.4) is 0 Å². The number of guanidine groups is 1. The van der Waals surface area contributed by atoms with Crippen molar-refractivity contribution in [1.82, 2.24) is 16.0 Å². The minimum Gasteiger partial charge on any atom is -0.497 e. The molecule has 0 bridgehead atoms. The van der Waals surface area contributed by atoms with Gasteiger partial charge in [0.1, 0.15) is 11.5 Å². The van der Waals surface area contributed by atoms with Crippen LogP contribution in [0.15, 0.2) is 76.3 Å². The number of hydrogen-bond donors (Lipinski definition) is 3. The monoisotopic (exact) mass is 448 g/mol. The number of benzene rings is 2.